The molecule has 1 saturated heterocycles. The normalized spacial score (nSPS) is 17.8. The minimum atomic E-state index is -0.399. The highest BCUT2D eigenvalue weighted by Crippen LogP contribution is 2.21. The number of anilines is 2. The van der Waals surface area contributed by atoms with Crippen LogP contribution in [-0.4, -0.2) is 59.2 Å². The van der Waals surface area contributed by atoms with E-state index in [1.807, 2.05) is 25.1 Å². The Labute approximate surface area is 159 Å². The van der Waals surface area contributed by atoms with Gasteiger partial charge in [-0.1, -0.05) is 6.08 Å². The smallest absolute Gasteiger partial charge is 0.291 e. The Hall–Kier alpha value is -2.64. The molecule has 2 N–H and O–H groups in total. The summed E-state index contributed by atoms with van der Waals surface area (Å²) < 4.78 is 5.09. The van der Waals surface area contributed by atoms with Crippen molar-refractivity contribution < 1.29 is 14.3 Å². The first kappa shape index (κ1) is 19.1. The van der Waals surface area contributed by atoms with E-state index in [0.717, 1.165) is 38.4 Å². The van der Waals surface area contributed by atoms with Crippen molar-refractivity contribution in [3.8, 4) is 0 Å². The molecule has 1 aliphatic rings. The van der Waals surface area contributed by atoms with Gasteiger partial charge in [-0.2, -0.15) is 0 Å². The standard InChI is InChI=1S/C20H26N4O3/c1-3-20(2,15-25)24-10-5-9-23(11-12-24)18-8-7-16(14-21-18)22-19(26)17-6-4-13-27-17/h3-4,6-8,13-14,25H,1,5,9-12,15H2,2H3,(H,22,26)/t20-/m0/s1. The largest absolute Gasteiger partial charge is 0.459 e. The maximum Gasteiger partial charge on any atom is 0.291 e. The molecule has 0 radical (unpaired) electrons. The molecule has 0 saturated carbocycles. The molecule has 1 fully saturated rings. The fourth-order valence-electron chi connectivity index (χ4n) is 3.20. The van der Waals surface area contributed by atoms with Crippen LogP contribution in [0.2, 0.25) is 0 Å². The number of amides is 1. The molecule has 0 spiro atoms. The van der Waals surface area contributed by atoms with Crippen molar-refractivity contribution in [3.63, 3.8) is 0 Å². The Morgan fingerprint density at radius 2 is 2.22 bits per heavy atom. The van der Waals surface area contributed by atoms with Gasteiger partial charge in [0.15, 0.2) is 5.76 Å². The molecular weight excluding hydrogens is 344 g/mol. The molecule has 7 nitrogen and oxygen atoms in total. The van der Waals surface area contributed by atoms with E-state index in [4.69, 9.17) is 4.42 Å². The topological polar surface area (TPSA) is 81.8 Å². The van der Waals surface area contributed by atoms with Gasteiger partial charge in [0.2, 0.25) is 0 Å². The second kappa shape index (κ2) is 8.37. The Morgan fingerprint density at radius 3 is 2.85 bits per heavy atom. The quantitative estimate of drug-likeness (QED) is 0.760. The zero-order valence-corrected chi connectivity index (χ0v) is 15.6. The minimum Gasteiger partial charge on any atom is -0.459 e. The van der Waals surface area contributed by atoms with Gasteiger partial charge in [-0.3, -0.25) is 9.69 Å². The summed E-state index contributed by atoms with van der Waals surface area (Å²) in [5, 5.41) is 12.5. The number of aromatic nitrogens is 1. The average Bonchev–Trinajstić information content (AvgIpc) is 3.13. The summed E-state index contributed by atoms with van der Waals surface area (Å²) in [5.74, 6) is 0.839. The molecule has 3 rings (SSSR count). The lowest BCUT2D eigenvalue weighted by atomic mass is 10.0. The third-order valence-electron chi connectivity index (χ3n) is 5.05. The second-order valence-corrected chi connectivity index (χ2v) is 6.88. The van der Waals surface area contributed by atoms with Crippen molar-refractivity contribution in [1.29, 1.82) is 0 Å². The number of aliphatic hydroxyl groups excluding tert-OH is 1. The molecule has 27 heavy (non-hydrogen) atoms. The van der Waals surface area contributed by atoms with E-state index in [0.29, 0.717) is 5.69 Å². The first-order chi connectivity index (χ1) is 13.1. The van der Waals surface area contributed by atoms with Crippen molar-refractivity contribution in [3.05, 3.63) is 55.1 Å². The molecule has 0 bridgehead atoms. The summed E-state index contributed by atoms with van der Waals surface area (Å²) in [6.45, 7) is 9.35. The fraction of sp³-hybridized carbons (Fsp3) is 0.400. The summed E-state index contributed by atoms with van der Waals surface area (Å²) in [6.07, 6.45) is 5.91. The van der Waals surface area contributed by atoms with Crippen LogP contribution in [0.1, 0.15) is 23.9 Å². The predicted molar refractivity (Wildman–Crippen MR) is 105 cm³/mol. The Morgan fingerprint density at radius 1 is 1.37 bits per heavy atom. The molecule has 3 heterocycles. The summed E-state index contributed by atoms with van der Waals surface area (Å²) in [4.78, 5) is 21.0. The van der Waals surface area contributed by atoms with Crippen LogP contribution in [0.3, 0.4) is 0 Å². The van der Waals surface area contributed by atoms with Crippen LogP contribution in [0, 0.1) is 0 Å². The number of hydrogen-bond donors (Lipinski definition) is 2. The third-order valence-corrected chi connectivity index (χ3v) is 5.05. The lowest BCUT2D eigenvalue weighted by molar-refractivity contribution is 0.0854. The number of nitrogens with one attached hydrogen (secondary N) is 1. The zero-order valence-electron chi connectivity index (χ0n) is 15.6. The number of carbonyl (C=O) groups is 1. The third kappa shape index (κ3) is 4.37. The van der Waals surface area contributed by atoms with Gasteiger partial charge in [0.05, 0.1) is 30.3 Å². The van der Waals surface area contributed by atoms with E-state index >= 15 is 0 Å². The van der Waals surface area contributed by atoms with Gasteiger partial charge in [-0.15, -0.1) is 6.58 Å². The van der Waals surface area contributed by atoms with Crippen molar-refractivity contribution >= 4 is 17.4 Å². The molecular formula is C20H26N4O3. The van der Waals surface area contributed by atoms with E-state index < -0.39 is 5.54 Å². The first-order valence-electron chi connectivity index (χ1n) is 9.11. The number of furan rings is 1. The van der Waals surface area contributed by atoms with Crippen molar-refractivity contribution in [1.82, 2.24) is 9.88 Å². The van der Waals surface area contributed by atoms with Gasteiger partial charge in [0.1, 0.15) is 5.82 Å². The molecule has 0 unspecified atom stereocenters. The first-order valence-corrected chi connectivity index (χ1v) is 9.11. The number of aliphatic hydroxyl groups is 1. The summed E-state index contributed by atoms with van der Waals surface area (Å²) in [5.41, 5.74) is 0.222. The van der Waals surface area contributed by atoms with Gasteiger partial charge >= 0.3 is 0 Å². The lowest BCUT2D eigenvalue weighted by Gasteiger charge is -2.37. The highest BCUT2D eigenvalue weighted by atomic mass is 16.3. The van der Waals surface area contributed by atoms with Crippen LogP contribution in [0.25, 0.3) is 0 Å². The Kier molecular flexibility index (Phi) is 5.93. The zero-order chi connectivity index (χ0) is 19.3. The van der Waals surface area contributed by atoms with Crippen LogP contribution in [0.5, 0.6) is 0 Å². The SMILES string of the molecule is C=C[C@@](C)(CO)N1CCCN(c2ccc(NC(=O)c3ccco3)cn2)CC1. The lowest BCUT2D eigenvalue weighted by Crippen LogP contribution is -2.49. The molecule has 2 aromatic heterocycles. The maximum atomic E-state index is 12.0. The van der Waals surface area contributed by atoms with Crippen LogP contribution in [0.4, 0.5) is 11.5 Å². The van der Waals surface area contributed by atoms with E-state index in [1.165, 1.54) is 6.26 Å². The monoisotopic (exact) mass is 370 g/mol. The summed E-state index contributed by atoms with van der Waals surface area (Å²) in [7, 11) is 0. The number of carbonyl (C=O) groups excluding carboxylic acids is 1. The summed E-state index contributed by atoms with van der Waals surface area (Å²) in [6, 6.07) is 7.04. The molecule has 1 amide bonds. The van der Waals surface area contributed by atoms with E-state index in [-0.39, 0.29) is 18.3 Å². The molecule has 7 heteroatoms. The van der Waals surface area contributed by atoms with Crippen LogP contribution in [0.15, 0.2) is 53.8 Å². The van der Waals surface area contributed by atoms with Crippen LogP contribution >= 0.6 is 0 Å². The average molecular weight is 370 g/mol. The van der Waals surface area contributed by atoms with Crippen molar-refractivity contribution in [2.75, 3.05) is 43.0 Å². The van der Waals surface area contributed by atoms with E-state index in [9.17, 15) is 9.90 Å². The molecule has 1 aliphatic heterocycles. The number of nitrogens with zero attached hydrogens (tertiary/aromatic N) is 3. The van der Waals surface area contributed by atoms with Crippen molar-refractivity contribution in [2.24, 2.45) is 0 Å². The van der Waals surface area contributed by atoms with E-state index in [1.54, 1.807) is 18.3 Å². The summed E-state index contributed by atoms with van der Waals surface area (Å²) >= 11 is 0. The molecule has 0 aromatic carbocycles. The minimum absolute atomic E-state index is 0.0544. The highest BCUT2D eigenvalue weighted by molar-refractivity contribution is 6.02. The van der Waals surface area contributed by atoms with Gasteiger partial charge in [0, 0.05) is 26.2 Å². The number of pyridine rings is 1. The van der Waals surface area contributed by atoms with Gasteiger partial charge in [-0.25, -0.2) is 4.98 Å². The van der Waals surface area contributed by atoms with Gasteiger partial charge < -0.3 is 19.7 Å². The highest BCUT2D eigenvalue weighted by Gasteiger charge is 2.29. The Bertz CT molecular complexity index is 760. The maximum absolute atomic E-state index is 12.0. The van der Waals surface area contributed by atoms with Gasteiger partial charge in [-0.05, 0) is 37.6 Å². The number of hydrogen-bond acceptors (Lipinski definition) is 6. The van der Waals surface area contributed by atoms with E-state index in [2.05, 4.69) is 26.7 Å². The molecule has 144 valence electrons. The molecule has 2 aromatic rings. The Balaban J connectivity index is 1.62. The number of rotatable bonds is 6. The second-order valence-electron chi connectivity index (χ2n) is 6.88. The van der Waals surface area contributed by atoms with Gasteiger partial charge in [0.25, 0.3) is 5.91 Å². The van der Waals surface area contributed by atoms with Crippen LogP contribution < -0.4 is 10.2 Å². The predicted octanol–water partition coefficient (Wildman–Crippen LogP) is 2.38. The molecule has 1 atom stereocenters. The van der Waals surface area contributed by atoms with Crippen LogP contribution in [-0.2, 0) is 0 Å². The fourth-order valence-corrected chi connectivity index (χ4v) is 3.20. The van der Waals surface area contributed by atoms with Crippen molar-refractivity contribution in [2.45, 2.75) is 18.9 Å². The molecule has 0 aliphatic carbocycles.